The van der Waals surface area contributed by atoms with Gasteiger partial charge >= 0.3 is 17.6 Å². The zero-order valence-electron chi connectivity index (χ0n) is 14.4. The lowest BCUT2D eigenvalue weighted by Gasteiger charge is -2.36. The molecule has 1 aromatic carbocycles. The second-order valence-electron chi connectivity index (χ2n) is 5.60. The van der Waals surface area contributed by atoms with Crippen LogP contribution in [0.15, 0.2) is 18.2 Å². The number of aldehydes is 1. The third kappa shape index (κ3) is 4.77. The first-order valence-electron chi connectivity index (χ1n) is 7.75. The van der Waals surface area contributed by atoms with Crippen LogP contribution in [0.1, 0.15) is 23.7 Å². The summed E-state index contributed by atoms with van der Waals surface area (Å²) in [5, 5.41) is 21.4. The lowest BCUT2D eigenvalue weighted by atomic mass is 10.0. The van der Waals surface area contributed by atoms with Gasteiger partial charge in [-0.05, 0) is 12.1 Å². The fourth-order valence-corrected chi connectivity index (χ4v) is 2.53. The van der Waals surface area contributed by atoms with E-state index in [1.54, 1.807) is 0 Å². The van der Waals surface area contributed by atoms with Gasteiger partial charge in [-0.15, -0.1) is 0 Å². The topological polar surface area (TPSA) is 152 Å². The molecule has 27 heavy (non-hydrogen) atoms. The van der Waals surface area contributed by atoms with Crippen molar-refractivity contribution in [3.05, 3.63) is 33.9 Å². The first-order valence-corrected chi connectivity index (χ1v) is 7.75. The molecule has 11 heteroatoms. The van der Waals surface area contributed by atoms with Crippen molar-refractivity contribution in [1.82, 2.24) is 0 Å². The molecular formula is C16H17NO10. The molecule has 11 nitrogen and oxygen atoms in total. The van der Waals surface area contributed by atoms with Crippen LogP contribution in [0.3, 0.4) is 0 Å². The van der Waals surface area contributed by atoms with E-state index in [0.29, 0.717) is 6.29 Å². The van der Waals surface area contributed by atoms with E-state index >= 15 is 0 Å². The first-order chi connectivity index (χ1) is 12.8. The van der Waals surface area contributed by atoms with Gasteiger partial charge < -0.3 is 24.1 Å². The summed E-state index contributed by atoms with van der Waals surface area (Å²) in [6.07, 6.45) is -5.20. The van der Waals surface area contributed by atoms with Crippen molar-refractivity contribution in [1.29, 1.82) is 0 Å². The van der Waals surface area contributed by atoms with Crippen molar-refractivity contribution in [2.45, 2.75) is 37.9 Å². The Balaban J connectivity index is 2.28. The van der Waals surface area contributed by atoms with Gasteiger partial charge in [0, 0.05) is 25.0 Å². The Hall–Kier alpha value is -3.05. The van der Waals surface area contributed by atoms with Gasteiger partial charge in [-0.3, -0.25) is 19.7 Å². The van der Waals surface area contributed by atoms with Gasteiger partial charge in [-0.2, -0.15) is 0 Å². The predicted octanol–water partition coefficient (Wildman–Crippen LogP) is 0.367. The number of rotatable bonds is 6. The summed E-state index contributed by atoms with van der Waals surface area (Å²) >= 11 is 0. The Morgan fingerprint density at radius 1 is 1.41 bits per heavy atom. The average molecular weight is 383 g/mol. The molecule has 1 aromatic rings. The van der Waals surface area contributed by atoms with Crippen molar-refractivity contribution in [2.75, 3.05) is 7.11 Å². The molecular weight excluding hydrogens is 366 g/mol. The second kappa shape index (κ2) is 8.56. The van der Waals surface area contributed by atoms with Crippen LogP contribution in [0.5, 0.6) is 5.75 Å². The number of carbonyl (C=O) groups is 3. The van der Waals surface area contributed by atoms with Crippen LogP contribution in [-0.2, 0) is 23.8 Å². The molecule has 1 aliphatic rings. The van der Waals surface area contributed by atoms with Crippen LogP contribution >= 0.6 is 0 Å². The largest absolute Gasteiger partial charge is 0.467 e. The summed E-state index contributed by atoms with van der Waals surface area (Å²) in [5.41, 5.74) is -0.424. The Morgan fingerprint density at radius 2 is 2.11 bits per heavy atom. The first kappa shape index (κ1) is 20.3. The highest BCUT2D eigenvalue weighted by molar-refractivity contribution is 5.77. The van der Waals surface area contributed by atoms with Crippen LogP contribution in [0.4, 0.5) is 5.69 Å². The van der Waals surface area contributed by atoms with Gasteiger partial charge in [-0.1, -0.05) is 0 Å². The van der Waals surface area contributed by atoms with Crippen molar-refractivity contribution in [3.8, 4) is 5.75 Å². The number of hydrogen-bond acceptors (Lipinski definition) is 10. The number of ether oxygens (including phenoxy) is 4. The van der Waals surface area contributed by atoms with E-state index < -0.39 is 47.2 Å². The minimum atomic E-state index is -1.52. The fourth-order valence-electron chi connectivity index (χ4n) is 2.53. The van der Waals surface area contributed by atoms with Crippen molar-refractivity contribution < 1.29 is 43.4 Å². The Kier molecular flexibility index (Phi) is 6.42. The molecule has 0 bridgehead atoms. The highest BCUT2D eigenvalue weighted by Gasteiger charge is 2.45. The second-order valence-corrected chi connectivity index (χ2v) is 5.60. The summed E-state index contributed by atoms with van der Waals surface area (Å²) < 4.78 is 20.3. The van der Waals surface area contributed by atoms with E-state index in [1.165, 1.54) is 12.1 Å². The predicted molar refractivity (Wildman–Crippen MR) is 86.0 cm³/mol. The maximum atomic E-state index is 11.8. The summed E-state index contributed by atoms with van der Waals surface area (Å²) in [6.45, 7) is 1.12. The molecule has 1 saturated heterocycles. The molecule has 0 saturated carbocycles. The van der Waals surface area contributed by atoms with Crippen LogP contribution in [0, 0.1) is 10.1 Å². The number of nitrogens with zero attached hydrogens (tertiary/aromatic N) is 1. The highest BCUT2D eigenvalue weighted by atomic mass is 16.7. The van der Waals surface area contributed by atoms with Crippen molar-refractivity contribution in [2.24, 2.45) is 0 Å². The molecule has 4 atom stereocenters. The summed E-state index contributed by atoms with van der Waals surface area (Å²) in [6, 6.07) is 3.51. The van der Waals surface area contributed by atoms with Gasteiger partial charge in [0.1, 0.15) is 18.5 Å². The van der Waals surface area contributed by atoms with Gasteiger partial charge in [0.2, 0.25) is 6.29 Å². The minimum Gasteiger partial charge on any atom is -0.467 e. The number of benzene rings is 1. The molecule has 0 aliphatic carbocycles. The fraction of sp³-hybridized carbons (Fsp3) is 0.438. The van der Waals surface area contributed by atoms with E-state index in [4.69, 9.17) is 14.2 Å². The van der Waals surface area contributed by atoms with Crippen LogP contribution in [-0.4, -0.2) is 60.0 Å². The quantitative estimate of drug-likeness (QED) is 0.315. The third-order valence-corrected chi connectivity index (χ3v) is 3.74. The number of nitro benzene ring substituents is 1. The standard InChI is InChI=1S/C16H17NO10/c1-8(19)25-12-6-13(27-15(14(12)20)16(21)24-2)26-11-4-3-9(7-18)5-10(11)17(22)23/h3-5,7,12-15,20H,6H2,1-2H3/t12-,13-,14+,15+/m1/s1. The van der Waals surface area contributed by atoms with Gasteiger partial charge in [-0.25, -0.2) is 4.79 Å². The molecule has 1 aliphatic heterocycles. The Bertz CT molecular complexity index is 749. The van der Waals surface area contributed by atoms with Gasteiger partial charge in [0.25, 0.3) is 0 Å². The maximum absolute atomic E-state index is 11.8. The minimum absolute atomic E-state index is 0.0688. The monoisotopic (exact) mass is 383 g/mol. The molecule has 0 aromatic heterocycles. The van der Waals surface area contributed by atoms with Crippen molar-refractivity contribution >= 4 is 23.9 Å². The number of carbonyl (C=O) groups excluding carboxylic acids is 3. The molecule has 0 amide bonds. The van der Waals surface area contributed by atoms with E-state index in [2.05, 4.69) is 4.74 Å². The number of esters is 2. The molecule has 1 fully saturated rings. The molecule has 2 rings (SSSR count). The number of hydrogen-bond donors (Lipinski definition) is 1. The lowest BCUT2D eigenvalue weighted by Crippen LogP contribution is -2.54. The lowest BCUT2D eigenvalue weighted by molar-refractivity contribution is -0.386. The van der Waals surface area contributed by atoms with E-state index in [-0.39, 0.29) is 17.7 Å². The van der Waals surface area contributed by atoms with Gasteiger partial charge in [0.05, 0.1) is 12.0 Å². The summed E-state index contributed by atoms with van der Waals surface area (Å²) in [4.78, 5) is 44.3. The normalized spacial score (nSPS) is 24.6. The molecule has 0 unspecified atom stereocenters. The molecule has 1 N–H and O–H groups in total. The Morgan fingerprint density at radius 3 is 2.67 bits per heavy atom. The molecule has 0 spiro atoms. The highest BCUT2D eigenvalue weighted by Crippen LogP contribution is 2.32. The molecule has 0 radical (unpaired) electrons. The average Bonchev–Trinajstić information content (AvgIpc) is 2.63. The zero-order chi connectivity index (χ0) is 20.1. The van der Waals surface area contributed by atoms with E-state index in [9.17, 15) is 29.6 Å². The molecule has 1 heterocycles. The van der Waals surface area contributed by atoms with Crippen molar-refractivity contribution in [3.63, 3.8) is 0 Å². The third-order valence-electron chi connectivity index (χ3n) is 3.74. The zero-order valence-corrected chi connectivity index (χ0v) is 14.4. The maximum Gasteiger partial charge on any atom is 0.338 e. The number of aliphatic hydroxyl groups excluding tert-OH is 1. The Labute approximate surface area is 152 Å². The summed E-state index contributed by atoms with van der Waals surface area (Å²) in [5.74, 6) is -1.86. The number of nitro groups is 1. The number of aliphatic hydroxyl groups is 1. The summed E-state index contributed by atoms with van der Waals surface area (Å²) in [7, 11) is 1.08. The van der Waals surface area contributed by atoms with Crippen LogP contribution in [0.25, 0.3) is 0 Å². The van der Waals surface area contributed by atoms with Gasteiger partial charge in [0.15, 0.2) is 11.9 Å². The number of methoxy groups -OCH3 is 1. The smallest absolute Gasteiger partial charge is 0.338 e. The van der Waals surface area contributed by atoms with E-state index in [0.717, 1.165) is 20.1 Å². The van der Waals surface area contributed by atoms with Crippen LogP contribution < -0.4 is 4.74 Å². The van der Waals surface area contributed by atoms with E-state index in [1.807, 2.05) is 0 Å². The SMILES string of the molecule is COC(=O)[C@H]1O[C@@H](Oc2ccc(C=O)cc2[N+](=O)[O-])C[C@@H](OC(C)=O)[C@@H]1O. The molecule has 146 valence electrons. The van der Waals surface area contributed by atoms with Crippen LogP contribution in [0.2, 0.25) is 0 Å².